The molecule has 0 aliphatic carbocycles. The van der Waals surface area contributed by atoms with Crippen molar-refractivity contribution >= 4 is 0 Å². The number of unbranched alkanes of at least 4 members (excludes halogenated alkanes) is 1. The summed E-state index contributed by atoms with van der Waals surface area (Å²) < 4.78 is 5.55. The van der Waals surface area contributed by atoms with Crippen LogP contribution in [0.4, 0.5) is 0 Å². The lowest BCUT2D eigenvalue weighted by Gasteiger charge is -2.24. The van der Waals surface area contributed by atoms with Gasteiger partial charge in [-0.05, 0) is 26.7 Å². The molecule has 0 saturated heterocycles. The smallest absolute Gasteiger partial charge is 0.0648 e. The maximum atomic E-state index is 8.68. The molecule has 0 radical (unpaired) electrons. The molecular formula is C9H20O2. The van der Waals surface area contributed by atoms with Crippen LogP contribution in [0, 0.1) is 0 Å². The van der Waals surface area contributed by atoms with Gasteiger partial charge in [-0.3, -0.25) is 0 Å². The van der Waals surface area contributed by atoms with Crippen LogP contribution < -0.4 is 0 Å². The molecule has 0 amide bonds. The maximum absolute atomic E-state index is 8.68. The van der Waals surface area contributed by atoms with Crippen molar-refractivity contribution in [3.8, 4) is 0 Å². The highest BCUT2D eigenvalue weighted by Crippen LogP contribution is 2.13. The molecule has 0 bridgehead atoms. The molecule has 0 rings (SSSR count). The summed E-state index contributed by atoms with van der Waals surface area (Å²) in [6, 6.07) is 0. The molecule has 0 saturated carbocycles. The fraction of sp³-hybridized carbons (Fsp3) is 1.00. The SMILES string of the molecule is CCCCOC(C)(C)CCO. The average molecular weight is 160 g/mol. The van der Waals surface area contributed by atoms with E-state index in [9.17, 15) is 0 Å². The molecule has 0 spiro atoms. The largest absolute Gasteiger partial charge is 0.396 e. The van der Waals surface area contributed by atoms with E-state index >= 15 is 0 Å². The molecule has 0 heterocycles. The predicted molar refractivity (Wildman–Crippen MR) is 46.6 cm³/mol. The Morgan fingerprint density at radius 3 is 2.45 bits per heavy atom. The lowest BCUT2D eigenvalue weighted by atomic mass is 10.1. The van der Waals surface area contributed by atoms with Gasteiger partial charge in [0.2, 0.25) is 0 Å². The number of aliphatic hydroxyl groups excluding tert-OH is 1. The first-order valence-electron chi connectivity index (χ1n) is 4.37. The van der Waals surface area contributed by atoms with E-state index < -0.39 is 0 Å². The first-order valence-corrected chi connectivity index (χ1v) is 4.37. The van der Waals surface area contributed by atoms with Crippen LogP contribution in [0.5, 0.6) is 0 Å². The summed E-state index contributed by atoms with van der Waals surface area (Å²) in [5.41, 5.74) is -0.149. The van der Waals surface area contributed by atoms with E-state index in [4.69, 9.17) is 9.84 Å². The van der Waals surface area contributed by atoms with Gasteiger partial charge in [0.15, 0.2) is 0 Å². The van der Waals surface area contributed by atoms with Crippen LogP contribution in [-0.2, 0) is 4.74 Å². The quantitative estimate of drug-likeness (QED) is 0.602. The van der Waals surface area contributed by atoms with E-state index in [2.05, 4.69) is 6.92 Å². The molecule has 68 valence electrons. The second kappa shape index (κ2) is 5.56. The number of aliphatic hydroxyl groups is 1. The van der Waals surface area contributed by atoms with Gasteiger partial charge in [0.25, 0.3) is 0 Å². The summed E-state index contributed by atoms with van der Waals surface area (Å²) in [6.45, 7) is 7.18. The molecule has 2 nitrogen and oxygen atoms in total. The average Bonchev–Trinajstić information content (AvgIpc) is 1.87. The Labute approximate surface area is 69.6 Å². The third-order valence-electron chi connectivity index (χ3n) is 1.70. The lowest BCUT2D eigenvalue weighted by Crippen LogP contribution is -2.26. The van der Waals surface area contributed by atoms with Gasteiger partial charge < -0.3 is 9.84 Å². The van der Waals surface area contributed by atoms with E-state index in [1.165, 1.54) is 0 Å². The molecule has 2 heteroatoms. The topological polar surface area (TPSA) is 29.5 Å². The Morgan fingerprint density at radius 1 is 1.36 bits per heavy atom. The fourth-order valence-electron chi connectivity index (χ4n) is 0.834. The van der Waals surface area contributed by atoms with E-state index in [-0.39, 0.29) is 12.2 Å². The van der Waals surface area contributed by atoms with Crippen LogP contribution in [0.15, 0.2) is 0 Å². The second-order valence-corrected chi connectivity index (χ2v) is 3.44. The monoisotopic (exact) mass is 160 g/mol. The van der Waals surface area contributed by atoms with Crippen LogP contribution >= 0.6 is 0 Å². The summed E-state index contributed by atoms with van der Waals surface area (Å²) in [6.07, 6.45) is 2.99. The third kappa shape index (κ3) is 6.32. The van der Waals surface area contributed by atoms with E-state index in [1.807, 2.05) is 13.8 Å². The van der Waals surface area contributed by atoms with Gasteiger partial charge in [0, 0.05) is 13.2 Å². The Balaban J connectivity index is 3.38. The maximum Gasteiger partial charge on any atom is 0.0648 e. The Bertz CT molecular complexity index is 89.6. The number of hydrogen-bond donors (Lipinski definition) is 1. The Morgan fingerprint density at radius 2 is 2.00 bits per heavy atom. The van der Waals surface area contributed by atoms with Crippen molar-refractivity contribution in [1.82, 2.24) is 0 Å². The number of rotatable bonds is 6. The van der Waals surface area contributed by atoms with Crippen molar-refractivity contribution in [3.63, 3.8) is 0 Å². The minimum absolute atomic E-state index is 0.149. The Hall–Kier alpha value is -0.0800. The van der Waals surface area contributed by atoms with Gasteiger partial charge >= 0.3 is 0 Å². The molecule has 0 aliphatic heterocycles. The number of hydrogen-bond acceptors (Lipinski definition) is 2. The van der Waals surface area contributed by atoms with Crippen molar-refractivity contribution in [2.24, 2.45) is 0 Å². The number of ether oxygens (including phenoxy) is 1. The molecule has 0 aromatic heterocycles. The van der Waals surface area contributed by atoms with Crippen LogP contribution in [0.3, 0.4) is 0 Å². The van der Waals surface area contributed by atoms with Crippen LogP contribution in [0.2, 0.25) is 0 Å². The summed E-state index contributed by atoms with van der Waals surface area (Å²) in [4.78, 5) is 0. The fourth-order valence-corrected chi connectivity index (χ4v) is 0.834. The molecule has 0 aromatic carbocycles. The van der Waals surface area contributed by atoms with Gasteiger partial charge in [-0.15, -0.1) is 0 Å². The van der Waals surface area contributed by atoms with Crippen molar-refractivity contribution in [2.45, 2.75) is 45.6 Å². The molecule has 0 aromatic rings. The molecular weight excluding hydrogens is 140 g/mol. The van der Waals surface area contributed by atoms with Crippen molar-refractivity contribution in [3.05, 3.63) is 0 Å². The second-order valence-electron chi connectivity index (χ2n) is 3.44. The van der Waals surface area contributed by atoms with Crippen LogP contribution in [-0.4, -0.2) is 23.9 Å². The predicted octanol–water partition coefficient (Wildman–Crippen LogP) is 1.96. The van der Waals surface area contributed by atoms with Crippen molar-refractivity contribution < 1.29 is 9.84 Å². The highest BCUT2D eigenvalue weighted by molar-refractivity contribution is 4.67. The normalized spacial score (nSPS) is 12.0. The minimum Gasteiger partial charge on any atom is -0.396 e. The molecule has 0 atom stereocenters. The highest BCUT2D eigenvalue weighted by Gasteiger charge is 2.16. The van der Waals surface area contributed by atoms with E-state index in [0.717, 1.165) is 25.9 Å². The van der Waals surface area contributed by atoms with Crippen LogP contribution in [0.25, 0.3) is 0 Å². The summed E-state index contributed by atoms with van der Waals surface area (Å²) in [5.74, 6) is 0. The molecule has 0 fully saturated rings. The van der Waals surface area contributed by atoms with Crippen molar-refractivity contribution in [1.29, 1.82) is 0 Å². The van der Waals surface area contributed by atoms with Crippen LogP contribution in [0.1, 0.15) is 40.0 Å². The Kier molecular flexibility index (Phi) is 5.51. The third-order valence-corrected chi connectivity index (χ3v) is 1.70. The summed E-state index contributed by atoms with van der Waals surface area (Å²) in [5, 5.41) is 8.68. The zero-order chi connectivity index (χ0) is 8.74. The van der Waals surface area contributed by atoms with Gasteiger partial charge in [0.1, 0.15) is 0 Å². The zero-order valence-corrected chi connectivity index (χ0v) is 7.89. The standard InChI is InChI=1S/C9H20O2/c1-4-5-8-11-9(2,3)6-7-10/h10H,4-8H2,1-3H3. The highest BCUT2D eigenvalue weighted by atomic mass is 16.5. The van der Waals surface area contributed by atoms with E-state index in [0.29, 0.717) is 0 Å². The van der Waals surface area contributed by atoms with Gasteiger partial charge in [-0.25, -0.2) is 0 Å². The summed E-state index contributed by atoms with van der Waals surface area (Å²) >= 11 is 0. The first kappa shape index (κ1) is 10.9. The molecule has 0 unspecified atom stereocenters. The zero-order valence-electron chi connectivity index (χ0n) is 7.89. The minimum atomic E-state index is -0.149. The first-order chi connectivity index (χ1) is 5.12. The van der Waals surface area contributed by atoms with Crippen molar-refractivity contribution in [2.75, 3.05) is 13.2 Å². The van der Waals surface area contributed by atoms with E-state index in [1.54, 1.807) is 0 Å². The van der Waals surface area contributed by atoms with Gasteiger partial charge in [0.05, 0.1) is 5.60 Å². The molecule has 1 N–H and O–H groups in total. The van der Waals surface area contributed by atoms with Gasteiger partial charge in [-0.1, -0.05) is 13.3 Å². The lowest BCUT2D eigenvalue weighted by molar-refractivity contribution is -0.0336. The van der Waals surface area contributed by atoms with Gasteiger partial charge in [-0.2, -0.15) is 0 Å². The summed E-state index contributed by atoms with van der Waals surface area (Å²) in [7, 11) is 0. The molecule has 0 aliphatic rings. The molecule has 11 heavy (non-hydrogen) atoms.